The van der Waals surface area contributed by atoms with Gasteiger partial charge in [-0.15, -0.1) is 0 Å². The molecule has 0 atom stereocenters. The molecule has 0 saturated carbocycles. The topological polar surface area (TPSA) is 79.0 Å². The molecule has 0 amide bonds. The van der Waals surface area contributed by atoms with Crippen LogP contribution in [0.2, 0.25) is 0 Å². The first-order valence-electron chi connectivity index (χ1n) is 6.14. The van der Waals surface area contributed by atoms with Crippen LogP contribution in [0.1, 0.15) is 5.69 Å². The van der Waals surface area contributed by atoms with E-state index in [1.54, 1.807) is 28.6 Å². The van der Waals surface area contributed by atoms with Crippen LogP contribution in [-0.4, -0.2) is 14.3 Å². The maximum atomic E-state index is 12.3. The Balaban J connectivity index is 2.31. The lowest BCUT2D eigenvalue weighted by atomic mass is 10.1. The number of nitrogens with two attached hydrogens (primary N) is 1. The summed E-state index contributed by atoms with van der Waals surface area (Å²) in [4.78, 5) is 12.3. The maximum absolute atomic E-state index is 12.3. The van der Waals surface area contributed by atoms with E-state index in [0.717, 1.165) is 16.9 Å². The van der Waals surface area contributed by atoms with E-state index in [9.17, 15) is 4.79 Å². The van der Waals surface area contributed by atoms with Gasteiger partial charge in [0.25, 0.3) is 0 Å². The number of rotatable bonds is 2. The van der Waals surface area contributed by atoms with Crippen LogP contribution in [0.4, 0.5) is 5.88 Å². The van der Waals surface area contributed by atoms with Gasteiger partial charge in [-0.2, -0.15) is 0 Å². The first-order valence-corrected chi connectivity index (χ1v) is 6.14. The Morgan fingerprint density at radius 3 is 2.60 bits per heavy atom. The van der Waals surface area contributed by atoms with Gasteiger partial charge in [0.1, 0.15) is 0 Å². The molecule has 6 heteroatoms. The van der Waals surface area contributed by atoms with E-state index >= 15 is 0 Å². The zero-order valence-corrected chi connectivity index (χ0v) is 11.2. The van der Waals surface area contributed by atoms with Crippen molar-refractivity contribution in [3.63, 3.8) is 0 Å². The summed E-state index contributed by atoms with van der Waals surface area (Å²) >= 11 is 0. The normalized spacial score (nSPS) is 10.9. The van der Waals surface area contributed by atoms with Crippen molar-refractivity contribution in [3.8, 4) is 16.8 Å². The van der Waals surface area contributed by atoms with Gasteiger partial charge in [-0.1, -0.05) is 23.4 Å². The van der Waals surface area contributed by atoms with Gasteiger partial charge in [0.05, 0.1) is 17.4 Å². The van der Waals surface area contributed by atoms with Gasteiger partial charge in [-0.05, 0) is 13.0 Å². The number of aromatic nitrogens is 3. The van der Waals surface area contributed by atoms with Crippen molar-refractivity contribution in [2.45, 2.75) is 6.92 Å². The maximum Gasteiger partial charge on any atom is 0.332 e. The molecule has 0 radical (unpaired) electrons. The van der Waals surface area contributed by atoms with Crippen molar-refractivity contribution in [2.75, 3.05) is 5.73 Å². The molecule has 0 aliphatic carbocycles. The predicted molar refractivity (Wildman–Crippen MR) is 75.7 cm³/mol. The number of aryl methyl sites for hydroxylation is 2. The highest BCUT2D eigenvalue weighted by molar-refractivity contribution is 5.78. The number of para-hydroxylation sites is 1. The molecule has 20 heavy (non-hydrogen) atoms. The highest BCUT2D eigenvalue weighted by atomic mass is 16.5. The van der Waals surface area contributed by atoms with Crippen LogP contribution in [-0.2, 0) is 7.05 Å². The second-order valence-electron chi connectivity index (χ2n) is 4.62. The molecular weight excluding hydrogens is 256 g/mol. The van der Waals surface area contributed by atoms with E-state index in [0.29, 0.717) is 5.56 Å². The summed E-state index contributed by atoms with van der Waals surface area (Å²) < 4.78 is 8.10. The molecule has 0 unspecified atom stereocenters. The van der Waals surface area contributed by atoms with Gasteiger partial charge in [0, 0.05) is 24.5 Å². The second-order valence-corrected chi connectivity index (χ2v) is 4.62. The number of nitrogens with zero attached hydrogens (tertiary/aromatic N) is 3. The summed E-state index contributed by atoms with van der Waals surface area (Å²) in [7, 11) is 1.72. The summed E-state index contributed by atoms with van der Waals surface area (Å²) in [5, 5.41) is 3.69. The molecule has 0 spiro atoms. The molecule has 0 saturated heterocycles. The van der Waals surface area contributed by atoms with Gasteiger partial charge >= 0.3 is 5.69 Å². The number of imidazole rings is 1. The van der Waals surface area contributed by atoms with Crippen molar-refractivity contribution < 1.29 is 4.52 Å². The zero-order valence-electron chi connectivity index (χ0n) is 11.2. The lowest BCUT2D eigenvalue weighted by Crippen LogP contribution is -2.21. The van der Waals surface area contributed by atoms with Crippen molar-refractivity contribution >= 4 is 5.88 Å². The number of hydrogen-bond donors (Lipinski definition) is 1. The average molecular weight is 270 g/mol. The Kier molecular flexibility index (Phi) is 2.71. The van der Waals surface area contributed by atoms with Crippen molar-refractivity contribution in [2.24, 2.45) is 7.05 Å². The minimum atomic E-state index is -0.107. The predicted octanol–water partition coefficient (Wildman–Crippen LogP) is 1.72. The van der Waals surface area contributed by atoms with Crippen LogP contribution in [0, 0.1) is 6.92 Å². The summed E-state index contributed by atoms with van der Waals surface area (Å²) in [6.07, 6.45) is 3.34. The van der Waals surface area contributed by atoms with Crippen LogP contribution in [0.15, 0.2) is 46.0 Å². The largest absolute Gasteiger partial charge is 0.367 e. The summed E-state index contributed by atoms with van der Waals surface area (Å²) in [5.74, 6) is 0.235. The Morgan fingerprint density at radius 2 is 2.00 bits per heavy atom. The summed E-state index contributed by atoms with van der Waals surface area (Å²) in [6, 6.07) is 7.52. The highest BCUT2D eigenvalue weighted by Gasteiger charge is 2.16. The fourth-order valence-electron chi connectivity index (χ4n) is 2.34. The van der Waals surface area contributed by atoms with E-state index in [2.05, 4.69) is 5.16 Å². The first-order chi connectivity index (χ1) is 9.59. The van der Waals surface area contributed by atoms with Crippen LogP contribution < -0.4 is 11.4 Å². The minimum Gasteiger partial charge on any atom is -0.367 e. The van der Waals surface area contributed by atoms with Gasteiger partial charge in [-0.3, -0.25) is 4.57 Å². The van der Waals surface area contributed by atoms with Crippen LogP contribution in [0.25, 0.3) is 16.8 Å². The lowest BCUT2D eigenvalue weighted by molar-refractivity contribution is 0.436. The first kappa shape index (κ1) is 12.3. The number of nitrogen functional groups attached to an aromatic ring is 1. The monoisotopic (exact) mass is 270 g/mol. The molecular formula is C14H14N4O2. The van der Waals surface area contributed by atoms with E-state index < -0.39 is 0 Å². The van der Waals surface area contributed by atoms with Crippen LogP contribution in [0.3, 0.4) is 0 Å². The van der Waals surface area contributed by atoms with Gasteiger partial charge in [0.15, 0.2) is 0 Å². The molecule has 102 valence electrons. The molecule has 1 aromatic carbocycles. The molecule has 2 aromatic heterocycles. The Labute approximate surface area is 115 Å². The SMILES string of the molecule is Cc1cn(C)c(=O)n1-c1ccccc1-c1cnoc1N. The van der Waals surface area contributed by atoms with E-state index in [1.165, 1.54) is 0 Å². The molecule has 0 bridgehead atoms. The number of benzene rings is 1. The Hall–Kier alpha value is -2.76. The van der Waals surface area contributed by atoms with Crippen LogP contribution in [0.5, 0.6) is 0 Å². The quantitative estimate of drug-likeness (QED) is 0.769. The van der Waals surface area contributed by atoms with Crippen LogP contribution >= 0.6 is 0 Å². The molecule has 2 N–H and O–H groups in total. The molecule has 3 aromatic rings. The van der Waals surface area contributed by atoms with E-state index in [4.69, 9.17) is 10.3 Å². The lowest BCUT2D eigenvalue weighted by Gasteiger charge is -2.09. The van der Waals surface area contributed by atoms with Gasteiger partial charge in [0.2, 0.25) is 5.88 Å². The number of anilines is 1. The zero-order chi connectivity index (χ0) is 14.3. The van der Waals surface area contributed by atoms with Crippen molar-refractivity contribution in [1.82, 2.24) is 14.3 Å². The minimum absolute atomic E-state index is 0.107. The van der Waals surface area contributed by atoms with Gasteiger partial charge in [-0.25, -0.2) is 4.79 Å². The Bertz CT molecular complexity index is 826. The fraction of sp³-hybridized carbons (Fsp3) is 0.143. The van der Waals surface area contributed by atoms with Crippen molar-refractivity contribution in [3.05, 3.63) is 52.8 Å². The Morgan fingerprint density at radius 1 is 1.25 bits per heavy atom. The third-order valence-corrected chi connectivity index (χ3v) is 3.26. The third-order valence-electron chi connectivity index (χ3n) is 3.26. The number of hydrogen-bond acceptors (Lipinski definition) is 4. The summed E-state index contributed by atoms with van der Waals surface area (Å²) in [5.41, 5.74) is 8.76. The smallest absolute Gasteiger partial charge is 0.332 e. The highest BCUT2D eigenvalue weighted by Crippen LogP contribution is 2.30. The van der Waals surface area contributed by atoms with E-state index in [1.807, 2.05) is 31.2 Å². The van der Waals surface area contributed by atoms with Crippen molar-refractivity contribution in [1.29, 1.82) is 0 Å². The molecule has 0 aliphatic heterocycles. The van der Waals surface area contributed by atoms with E-state index in [-0.39, 0.29) is 11.6 Å². The third kappa shape index (κ3) is 1.73. The summed E-state index contributed by atoms with van der Waals surface area (Å²) in [6.45, 7) is 1.88. The second kappa shape index (κ2) is 4.41. The molecule has 0 fully saturated rings. The molecule has 2 heterocycles. The molecule has 0 aliphatic rings. The fourth-order valence-corrected chi connectivity index (χ4v) is 2.34. The molecule has 6 nitrogen and oxygen atoms in total. The average Bonchev–Trinajstić information content (AvgIpc) is 2.95. The molecule has 3 rings (SSSR count). The standard InChI is InChI=1S/C14H14N4O2/c1-9-8-17(2)14(19)18(9)12-6-4-3-5-10(12)11-7-16-20-13(11)15/h3-8H,15H2,1-2H3. The van der Waals surface area contributed by atoms with Gasteiger partial charge < -0.3 is 14.8 Å².